The molecule has 0 aliphatic carbocycles. The van der Waals surface area contributed by atoms with Gasteiger partial charge in [0.05, 0.1) is 5.69 Å². The van der Waals surface area contributed by atoms with E-state index in [-0.39, 0.29) is 0 Å². The van der Waals surface area contributed by atoms with E-state index in [1.165, 1.54) is 16.8 Å². The lowest BCUT2D eigenvalue weighted by atomic mass is 10.0. The van der Waals surface area contributed by atoms with E-state index >= 15 is 0 Å². The second kappa shape index (κ2) is 5.33. The third-order valence-electron chi connectivity index (χ3n) is 3.98. The van der Waals surface area contributed by atoms with Crippen LogP contribution in [0.15, 0.2) is 24.3 Å². The van der Waals surface area contributed by atoms with Gasteiger partial charge in [-0.3, -0.25) is 0 Å². The van der Waals surface area contributed by atoms with Crippen LogP contribution in [0.25, 0.3) is 11.4 Å². The molecule has 0 atom stereocenters. The molecule has 1 aliphatic rings. The molecule has 3 rings (SSSR count). The fraction of sp³-hybridized carbons (Fsp3) is 0.412. The van der Waals surface area contributed by atoms with Crippen molar-refractivity contribution in [3.05, 3.63) is 46.8 Å². The predicted molar refractivity (Wildman–Crippen MR) is 81.7 cm³/mol. The zero-order valence-electron chi connectivity index (χ0n) is 12.4. The van der Waals surface area contributed by atoms with Gasteiger partial charge in [0.1, 0.15) is 0 Å². The molecule has 0 fully saturated rings. The fourth-order valence-electron chi connectivity index (χ4n) is 2.66. The number of benzene rings is 1. The quantitative estimate of drug-likeness (QED) is 0.908. The highest BCUT2D eigenvalue weighted by Crippen LogP contribution is 2.23. The Morgan fingerprint density at radius 1 is 1.10 bits per heavy atom. The second-order valence-corrected chi connectivity index (χ2v) is 5.76. The van der Waals surface area contributed by atoms with Gasteiger partial charge < -0.3 is 5.32 Å². The summed E-state index contributed by atoms with van der Waals surface area (Å²) in [6.07, 6.45) is 0.996. The summed E-state index contributed by atoms with van der Waals surface area (Å²) in [5.41, 5.74) is 6.05. The lowest BCUT2D eigenvalue weighted by molar-refractivity contribution is 0.622. The van der Waals surface area contributed by atoms with Gasteiger partial charge >= 0.3 is 0 Å². The molecule has 1 aromatic heterocycles. The van der Waals surface area contributed by atoms with E-state index in [4.69, 9.17) is 4.98 Å². The van der Waals surface area contributed by atoms with Gasteiger partial charge in [-0.15, -0.1) is 0 Å². The van der Waals surface area contributed by atoms with Gasteiger partial charge in [0.25, 0.3) is 0 Å². The van der Waals surface area contributed by atoms with E-state index < -0.39 is 0 Å². The minimum absolute atomic E-state index is 0.557. The highest BCUT2D eigenvalue weighted by Gasteiger charge is 2.15. The van der Waals surface area contributed by atoms with Crippen LogP contribution in [-0.2, 0) is 13.0 Å². The Bertz CT molecular complexity index is 615. The first-order valence-electron chi connectivity index (χ1n) is 7.32. The number of aryl methyl sites for hydroxylation is 1. The fourth-order valence-corrected chi connectivity index (χ4v) is 2.66. The van der Waals surface area contributed by atoms with Crippen LogP contribution in [0.3, 0.4) is 0 Å². The van der Waals surface area contributed by atoms with Crippen LogP contribution in [0, 0.1) is 6.92 Å². The van der Waals surface area contributed by atoms with Gasteiger partial charge in [-0.05, 0) is 18.4 Å². The van der Waals surface area contributed by atoms with Crippen LogP contribution in [-0.4, -0.2) is 16.5 Å². The van der Waals surface area contributed by atoms with Gasteiger partial charge in [-0.2, -0.15) is 0 Å². The van der Waals surface area contributed by atoms with E-state index in [0.717, 1.165) is 36.6 Å². The largest absolute Gasteiger partial charge is 0.312 e. The lowest BCUT2D eigenvalue weighted by Gasteiger charge is -2.18. The summed E-state index contributed by atoms with van der Waals surface area (Å²) < 4.78 is 0. The van der Waals surface area contributed by atoms with Crippen LogP contribution >= 0.6 is 0 Å². The van der Waals surface area contributed by atoms with E-state index in [9.17, 15) is 0 Å². The van der Waals surface area contributed by atoms with E-state index in [1.807, 2.05) is 0 Å². The molecular formula is C17H21N3. The molecule has 0 unspecified atom stereocenters. The topological polar surface area (TPSA) is 37.8 Å². The Labute approximate surface area is 120 Å². The van der Waals surface area contributed by atoms with Gasteiger partial charge in [0.2, 0.25) is 0 Å². The minimum atomic E-state index is 0.557. The van der Waals surface area contributed by atoms with Crippen molar-refractivity contribution in [1.82, 2.24) is 15.3 Å². The maximum atomic E-state index is 4.77. The smallest absolute Gasteiger partial charge is 0.159 e. The third-order valence-corrected chi connectivity index (χ3v) is 3.98. The first-order valence-corrected chi connectivity index (χ1v) is 7.32. The van der Waals surface area contributed by atoms with Crippen LogP contribution in [0.4, 0.5) is 0 Å². The summed E-state index contributed by atoms with van der Waals surface area (Å²) in [5.74, 6) is 1.42. The van der Waals surface area contributed by atoms with Gasteiger partial charge in [0, 0.05) is 36.3 Å². The Hall–Kier alpha value is -1.74. The molecule has 2 heterocycles. The standard InChI is InChI=1S/C17H21N3/c1-11(2)13-4-6-14(7-5-13)17-19-12(3)15-10-18-9-8-16(15)20-17/h4-7,11,18H,8-10H2,1-3H3. The summed E-state index contributed by atoms with van der Waals surface area (Å²) in [6, 6.07) is 8.63. The van der Waals surface area contributed by atoms with Gasteiger partial charge in [0.15, 0.2) is 5.82 Å². The van der Waals surface area contributed by atoms with Crippen molar-refractivity contribution in [2.45, 2.75) is 39.7 Å². The van der Waals surface area contributed by atoms with E-state index in [2.05, 4.69) is 55.3 Å². The zero-order valence-corrected chi connectivity index (χ0v) is 12.4. The minimum Gasteiger partial charge on any atom is -0.312 e. The Morgan fingerprint density at radius 3 is 2.55 bits per heavy atom. The molecular weight excluding hydrogens is 246 g/mol. The number of fused-ring (bicyclic) bond motifs is 1. The number of hydrogen-bond donors (Lipinski definition) is 1. The third kappa shape index (κ3) is 2.46. The van der Waals surface area contributed by atoms with Crippen LogP contribution in [0.1, 0.15) is 42.3 Å². The first kappa shape index (κ1) is 13.3. The molecule has 1 N–H and O–H groups in total. The van der Waals surface area contributed by atoms with Crippen molar-refractivity contribution in [2.24, 2.45) is 0 Å². The molecule has 1 aromatic carbocycles. The Morgan fingerprint density at radius 2 is 1.85 bits per heavy atom. The number of hydrogen-bond acceptors (Lipinski definition) is 3. The maximum Gasteiger partial charge on any atom is 0.159 e. The van der Waals surface area contributed by atoms with Crippen molar-refractivity contribution in [1.29, 1.82) is 0 Å². The number of aromatic nitrogens is 2. The summed E-state index contributed by atoms with van der Waals surface area (Å²) >= 11 is 0. The molecule has 0 bridgehead atoms. The lowest BCUT2D eigenvalue weighted by Crippen LogP contribution is -2.26. The van der Waals surface area contributed by atoms with Crippen molar-refractivity contribution in [3.8, 4) is 11.4 Å². The van der Waals surface area contributed by atoms with Crippen molar-refractivity contribution < 1.29 is 0 Å². The summed E-state index contributed by atoms with van der Waals surface area (Å²) in [4.78, 5) is 9.45. The molecule has 3 heteroatoms. The van der Waals surface area contributed by atoms with Crippen LogP contribution in [0.2, 0.25) is 0 Å². The number of nitrogens with zero attached hydrogens (tertiary/aromatic N) is 2. The molecule has 0 amide bonds. The molecule has 2 aromatic rings. The summed E-state index contributed by atoms with van der Waals surface area (Å²) in [7, 11) is 0. The van der Waals surface area contributed by atoms with Crippen LogP contribution < -0.4 is 5.32 Å². The molecule has 104 valence electrons. The average molecular weight is 267 g/mol. The van der Waals surface area contributed by atoms with Crippen LogP contribution in [0.5, 0.6) is 0 Å². The monoisotopic (exact) mass is 267 g/mol. The predicted octanol–water partition coefficient (Wildman–Crippen LogP) is 3.22. The Kier molecular flexibility index (Phi) is 3.53. The highest BCUT2D eigenvalue weighted by molar-refractivity contribution is 5.56. The highest BCUT2D eigenvalue weighted by atomic mass is 14.9. The summed E-state index contributed by atoms with van der Waals surface area (Å²) in [5, 5.41) is 3.38. The SMILES string of the molecule is Cc1nc(-c2ccc(C(C)C)cc2)nc2c1CNCC2. The maximum absolute atomic E-state index is 4.77. The molecule has 0 saturated heterocycles. The molecule has 0 saturated carbocycles. The second-order valence-electron chi connectivity index (χ2n) is 5.76. The molecule has 0 spiro atoms. The number of rotatable bonds is 2. The molecule has 3 nitrogen and oxygen atoms in total. The molecule has 0 radical (unpaired) electrons. The molecule has 20 heavy (non-hydrogen) atoms. The normalized spacial score (nSPS) is 14.4. The van der Waals surface area contributed by atoms with Gasteiger partial charge in [-0.1, -0.05) is 38.1 Å². The number of nitrogens with one attached hydrogen (secondary N) is 1. The van der Waals surface area contributed by atoms with Crippen molar-refractivity contribution in [3.63, 3.8) is 0 Å². The van der Waals surface area contributed by atoms with Crippen molar-refractivity contribution >= 4 is 0 Å². The first-order chi connectivity index (χ1) is 9.65. The van der Waals surface area contributed by atoms with E-state index in [1.54, 1.807) is 0 Å². The van der Waals surface area contributed by atoms with Crippen molar-refractivity contribution in [2.75, 3.05) is 6.54 Å². The van der Waals surface area contributed by atoms with E-state index in [0.29, 0.717) is 5.92 Å². The summed E-state index contributed by atoms with van der Waals surface area (Å²) in [6.45, 7) is 8.41. The average Bonchev–Trinajstić information content (AvgIpc) is 2.47. The molecule has 1 aliphatic heterocycles. The van der Waals surface area contributed by atoms with Gasteiger partial charge in [-0.25, -0.2) is 9.97 Å². The Balaban J connectivity index is 1.99. The zero-order chi connectivity index (χ0) is 14.1.